The van der Waals surface area contributed by atoms with E-state index >= 15 is 0 Å². The van der Waals surface area contributed by atoms with Gasteiger partial charge in [0.2, 0.25) is 5.91 Å². The number of piperidine rings is 1. The summed E-state index contributed by atoms with van der Waals surface area (Å²) in [6, 6.07) is -0.824. The van der Waals surface area contributed by atoms with Crippen LogP contribution in [-0.4, -0.2) is 35.2 Å². The molecule has 0 bridgehead atoms. The summed E-state index contributed by atoms with van der Waals surface area (Å²) in [5, 5.41) is 0. The number of hydrogen-bond acceptors (Lipinski definition) is 2. The number of carbonyl (C=O) groups is 2. The van der Waals surface area contributed by atoms with Crippen LogP contribution in [-0.2, 0) is 9.59 Å². The Morgan fingerprint density at radius 2 is 1.88 bits per heavy atom. The Balaban J connectivity index is 2.87. The lowest BCUT2D eigenvalue weighted by Gasteiger charge is -2.42. The van der Waals surface area contributed by atoms with Crippen molar-refractivity contribution in [1.29, 1.82) is 0 Å². The molecule has 0 saturated carbocycles. The van der Waals surface area contributed by atoms with E-state index in [0.29, 0.717) is 12.8 Å². The first-order valence-corrected chi connectivity index (χ1v) is 5.26. The van der Waals surface area contributed by atoms with E-state index in [1.807, 2.05) is 0 Å². The van der Waals surface area contributed by atoms with Gasteiger partial charge in [0.25, 0.3) is 5.91 Å². The van der Waals surface area contributed by atoms with Crippen molar-refractivity contribution in [2.45, 2.75) is 45.2 Å². The number of primary amides is 1. The van der Waals surface area contributed by atoms with Crippen LogP contribution in [0.2, 0.25) is 0 Å². The molecule has 0 spiro atoms. The van der Waals surface area contributed by atoms with Crippen molar-refractivity contribution in [3.63, 3.8) is 0 Å². The maximum atomic E-state index is 12.4. The Labute approximate surface area is 92.8 Å². The molecule has 0 aliphatic carbocycles. The van der Waals surface area contributed by atoms with Crippen LogP contribution in [0.4, 0.5) is 8.78 Å². The zero-order chi connectivity index (χ0) is 12.5. The van der Waals surface area contributed by atoms with E-state index in [9.17, 15) is 18.4 Å². The molecule has 1 aliphatic rings. The monoisotopic (exact) mass is 234 g/mol. The van der Waals surface area contributed by atoms with E-state index in [-0.39, 0.29) is 6.04 Å². The molecule has 1 heterocycles. The molecule has 1 aliphatic heterocycles. The van der Waals surface area contributed by atoms with E-state index < -0.39 is 30.2 Å². The second kappa shape index (κ2) is 4.76. The second-order valence-electron chi connectivity index (χ2n) is 4.22. The number of halogens is 2. The van der Waals surface area contributed by atoms with E-state index in [1.165, 1.54) is 0 Å². The minimum Gasteiger partial charge on any atom is -0.369 e. The molecular weight excluding hydrogens is 218 g/mol. The third-order valence-corrected chi connectivity index (χ3v) is 3.20. The average molecular weight is 234 g/mol. The first-order chi connectivity index (χ1) is 7.36. The van der Waals surface area contributed by atoms with E-state index in [0.717, 1.165) is 4.90 Å². The molecule has 6 heteroatoms. The smallest absolute Gasteiger partial charge is 0.315 e. The van der Waals surface area contributed by atoms with Gasteiger partial charge in [-0.2, -0.15) is 8.78 Å². The molecule has 2 N–H and O–H groups in total. The number of rotatable bonds is 2. The third-order valence-electron chi connectivity index (χ3n) is 3.20. The maximum absolute atomic E-state index is 12.4. The average Bonchev–Trinajstić information content (AvgIpc) is 2.16. The summed E-state index contributed by atoms with van der Waals surface area (Å²) in [4.78, 5) is 23.5. The number of amides is 2. The predicted molar refractivity (Wildman–Crippen MR) is 53.7 cm³/mol. The van der Waals surface area contributed by atoms with Gasteiger partial charge < -0.3 is 10.6 Å². The highest BCUT2D eigenvalue weighted by atomic mass is 19.3. The number of hydrogen-bond donors (Lipinski definition) is 1. The van der Waals surface area contributed by atoms with Gasteiger partial charge >= 0.3 is 6.43 Å². The lowest BCUT2D eigenvalue weighted by Crippen LogP contribution is -2.55. The largest absolute Gasteiger partial charge is 0.369 e. The fraction of sp³-hybridized carbons (Fsp3) is 0.800. The normalized spacial score (nSPS) is 30.6. The van der Waals surface area contributed by atoms with E-state index in [4.69, 9.17) is 5.73 Å². The van der Waals surface area contributed by atoms with Gasteiger partial charge in [-0.15, -0.1) is 0 Å². The fourth-order valence-electron chi connectivity index (χ4n) is 2.31. The van der Waals surface area contributed by atoms with Crippen molar-refractivity contribution in [2.24, 2.45) is 11.7 Å². The quantitative estimate of drug-likeness (QED) is 0.766. The number of alkyl halides is 2. The summed E-state index contributed by atoms with van der Waals surface area (Å²) < 4.78 is 24.8. The van der Waals surface area contributed by atoms with Gasteiger partial charge in [-0.1, -0.05) is 0 Å². The minimum absolute atomic E-state index is 0.271. The number of likely N-dealkylation sites (tertiary alicyclic amines) is 1. The maximum Gasteiger partial charge on any atom is 0.315 e. The van der Waals surface area contributed by atoms with Crippen LogP contribution in [0.1, 0.15) is 26.7 Å². The zero-order valence-corrected chi connectivity index (χ0v) is 9.32. The Morgan fingerprint density at radius 3 is 2.31 bits per heavy atom. The van der Waals surface area contributed by atoms with Crippen molar-refractivity contribution < 1.29 is 18.4 Å². The lowest BCUT2D eigenvalue weighted by atomic mass is 9.86. The summed E-state index contributed by atoms with van der Waals surface area (Å²) in [5.74, 6) is -2.28. The summed E-state index contributed by atoms with van der Waals surface area (Å²) in [7, 11) is 0. The van der Waals surface area contributed by atoms with Gasteiger partial charge in [-0.3, -0.25) is 9.59 Å². The predicted octanol–water partition coefficient (Wildman–Crippen LogP) is 0.752. The van der Waals surface area contributed by atoms with Crippen LogP contribution in [0.5, 0.6) is 0 Å². The highest BCUT2D eigenvalue weighted by molar-refractivity contribution is 5.82. The molecule has 0 radical (unpaired) electrons. The molecule has 1 fully saturated rings. The molecular formula is C10H16F2N2O2. The number of carbonyl (C=O) groups excluding carboxylic acids is 2. The SMILES string of the molecule is CC1CCC(C(N)=O)C(C)N1C(=O)C(F)F. The van der Waals surface area contributed by atoms with Crippen LogP contribution in [0.15, 0.2) is 0 Å². The molecule has 3 atom stereocenters. The Kier molecular flexibility index (Phi) is 3.83. The third kappa shape index (κ3) is 2.31. The highest BCUT2D eigenvalue weighted by Crippen LogP contribution is 2.28. The van der Waals surface area contributed by atoms with Crippen molar-refractivity contribution in [1.82, 2.24) is 4.90 Å². The first-order valence-electron chi connectivity index (χ1n) is 5.26. The Hall–Kier alpha value is -1.20. The molecule has 16 heavy (non-hydrogen) atoms. The summed E-state index contributed by atoms with van der Waals surface area (Å²) in [6.45, 7) is 3.29. The van der Waals surface area contributed by atoms with Gasteiger partial charge in [0, 0.05) is 12.1 Å². The van der Waals surface area contributed by atoms with Crippen LogP contribution in [0.3, 0.4) is 0 Å². The van der Waals surface area contributed by atoms with Gasteiger partial charge in [0.1, 0.15) is 0 Å². The molecule has 4 nitrogen and oxygen atoms in total. The molecule has 1 saturated heterocycles. The highest BCUT2D eigenvalue weighted by Gasteiger charge is 2.40. The van der Waals surface area contributed by atoms with Crippen LogP contribution in [0, 0.1) is 5.92 Å². The Bertz CT molecular complexity index is 297. The minimum atomic E-state index is -3.03. The summed E-state index contributed by atoms with van der Waals surface area (Å²) in [6.07, 6.45) is -1.96. The van der Waals surface area contributed by atoms with Gasteiger partial charge in [-0.05, 0) is 26.7 Å². The van der Waals surface area contributed by atoms with Gasteiger partial charge in [-0.25, -0.2) is 0 Å². The number of nitrogens with two attached hydrogens (primary N) is 1. The summed E-state index contributed by atoms with van der Waals surface area (Å²) >= 11 is 0. The van der Waals surface area contributed by atoms with Crippen LogP contribution >= 0.6 is 0 Å². The Morgan fingerprint density at radius 1 is 1.31 bits per heavy atom. The van der Waals surface area contributed by atoms with Gasteiger partial charge in [0.15, 0.2) is 0 Å². The first kappa shape index (κ1) is 12.9. The molecule has 1 rings (SSSR count). The number of nitrogens with zero attached hydrogens (tertiary/aromatic N) is 1. The second-order valence-corrected chi connectivity index (χ2v) is 4.22. The lowest BCUT2D eigenvalue weighted by molar-refractivity contribution is -0.152. The van der Waals surface area contributed by atoms with Crippen LogP contribution < -0.4 is 5.73 Å². The standard InChI is InChI=1S/C10H16F2N2O2/c1-5-3-4-7(9(13)15)6(2)14(5)10(16)8(11)12/h5-8H,3-4H2,1-2H3,(H2,13,15). The van der Waals surface area contributed by atoms with E-state index in [2.05, 4.69) is 0 Å². The van der Waals surface area contributed by atoms with Crippen LogP contribution in [0.25, 0.3) is 0 Å². The summed E-state index contributed by atoms with van der Waals surface area (Å²) in [5.41, 5.74) is 5.18. The zero-order valence-electron chi connectivity index (χ0n) is 9.32. The van der Waals surface area contributed by atoms with E-state index in [1.54, 1.807) is 13.8 Å². The molecule has 0 aromatic rings. The van der Waals surface area contributed by atoms with Crippen molar-refractivity contribution in [3.8, 4) is 0 Å². The van der Waals surface area contributed by atoms with Gasteiger partial charge in [0.05, 0.1) is 5.92 Å². The molecule has 3 unspecified atom stereocenters. The molecule has 92 valence electrons. The molecule has 0 aromatic heterocycles. The van der Waals surface area contributed by atoms with Crippen molar-refractivity contribution >= 4 is 11.8 Å². The van der Waals surface area contributed by atoms with Crippen molar-refractivity contribution in [3.05, 3.63) is 0 Å². The molecule has 2 amide bonds. The topological polar surface area (TPSA) is 63.4 Å². The van der Waals surface area contributed by atoms with Crippen molar-refractivity contribution in [2.75, 3.05) is 0 Å². The fourth-order valence-corrected chi connectivity index (χ4v) is 2.31. The molecule has 0 aromatic carbocycles.